The van der Waals surface area contributed by atoms with Crippen LogP contribution in [0.3, 0.4) is 0 Å². The molecule has 0 aliphatic rings. The lowest BCUT2D eigenvalue weighted by atomic mass is 10.4. The first-order chi connectivity index (χ1) is 3.79. The highest BCUT2D eigenvalue weighted by Crippen LogP contribution is 2.07. The minimum absolute atomic E-state index is 0. The number of benzene rings is 1. The van der Waals surface area contributed by atoms with Crippen molar-refractivity contribution in [2.45, 2.75) is 0 Å². The summed E-state index contributed by atoms with van der Waals surface area (Å²) in [6.45, 7) is 0. The first-order valence-electron chi connectivity index (χ1n) is 2.20. The maximum atomic E-state index is 12.1. The van der Waals surface area contributed by atoms with Crippen molar-refractivity contribution >= 4 is 51.6 Å². The van der Waals surface area contributed by atoms with E-state index in [0.717, 1.165) is 0 Å². The summed E-state index contributed by atoms with van der Waals surface area (Å²) < 4.78 is 12.1. The van der Waals surface area contributed by atoms with E-state index < -0.39 is 0 Å². The Kier molecular flexibility index (Phi) is 8.50. The van der Waals surface area contributed by atoms with Crippen molar-refractivity contribution in [3.8, 4) is 0 Å². The summed E-state index contributed by atoms with van der Waals surface area (Å²) >= 11 is 5.40. The van der Waals surface area contributed by atoms with E-state index in [9.17, 15) is 4.39 Å². The Morgan fingerprint density at radius 2 is 1.90 bits per heavy atom. The zero-order valence-electron chi connectivity index (χ0n) is 4.47. The van der Waals surface area contributed by atoms with Crippen LogP contribution >= 0.6 is 28.6 Å². The Bertz CT molecular complexity index is 178. The van der Waals surface area contributed by atoms with Gasteiger partial charge < -0.3 is 0 Å². The highest BCUT2D eigenvalue weighted by molar-refractivity contribution is 8.93. The molecule has 0 amide bonds. The lowest BCUT2D eigenvalue weighted by Gasteiger charge is -1.85. The number of halogens is 3. The molecule has 0 heterocycles. The summed E-state index contributed by atoms with van der Waals surface area (Å²) in [5, 5.41) is 0.435. The summed E-state index contributed by atoms with van der Waals surface area (Å²) in [6, 6.07) is 5.82. The normalized spacial score (nSPS) is 7.40. The molecule has 0 aromatic heterocycles. The molecular weight excluding hydrogens is 231 g/mol. The second-order valence-corrected chi connectivity index (χ2v) is 1.88. The number of hydrogen-bond donors (Lipinski definition) is 0. The summed E-state index contributed by atoms with van der Waals surface area (Å²) in [5.74, 6) is -0.294. The average Bonchev–Trinajstić information content (AvgIpc) is 1.64. The Balaban J connectivity index is 0. The molecule has 1 aromatic carbocycles. The first-order valence-corrected chi connectivity index (χ1v) is 2.58. The van der Waals surface area contributed by atoms with Gasteiger partial charge in [-0.3, -0.25) is 0 Å². The molecule has 0 N–H and O–H groups in total. The molecule has 1 aromatic rings. The lowest BCUT2D eigenvalue weighted by molar-refractivity contribution is 0.628. The van der Waals surface area contributed by atoms with E-state index >= 15 is 0 Å². The molecule has 4 heteroatoms. The Labute approximate surface area is 90.7 Å². The molecule has 0 unspecified atom stereocenters. The van der Waals surface area contributed by atoms with Crippen LogP contribution in [0.4, 0.5) is 4.39 Å². The van der Waals surface area contributed by atoms with E-state index in [1.165, 1.54) is 12.1 Å². The topological polar surface area (TPSA) is 0 Å². The molecule has 0 aliphatic heterocycles. The first kappa shape index (κ1) is 13.3. The summed E-state index contributed by atoms with van der Waals surface area (Å²) in [5.41, 5.74) is 0. The van der Waals surface area contributed by atoms with Gasteiger partial charge in [0.25, 0.3) is 0 Å². The van der Waals surface area contributed by atoms with Crippen LogP contribution in [0.2, 0.25) is 5.02 Å². The van der Waals surface area contributed by atoms with Crippen LogP contribution in [0.1, 0.15) is 0 Å². The van der Waals surface area contributed by atoms with E-state index in [0.29, 0.717) is 5.02 Å². The third-order valence-corrected chi connectivity index (χ3v) is 1.02. The standard InChI is InChI=1S/C6H4ClF.BrH.Mg.2H/c7-5-2-1-3-6(8)4-5;;;;/h1-4H;1H;;;. The van der Waals surface area contributed by atoms with Gasteiger partial charge in [-0.05, 0) is 18.2 Å². The minimum atomic E-state index is -0.294. The molecule has 0 saturated heterocycles. The zero-order valence-corrected chi connectivity index (χ0v) is 6.94. The molecule has 0 nitrogen and oxygen atoms in total. The second kappa shape index (κ2) is 6.40. The van der Waals surface area contributed by atoms with E-state index in [1.807, 2.05) is 0 Å². The maximum Gasteiger partial charge on any atom is 0.316 e. The van der Waals surface area contributed by atoms with Crippen LogP contribution in [0.25, 0.3) is 0 Å². The van der Waals surface area contributed by atoms with Gasteiger partial charge in [-0.2, -0.15) is 0 Å². The SMILES string of the molecule is Br.Fc1cccc(Cl)c1.[MgH2]. The van der Waals surface area contributed by atoms with Gasteiger partial charge in [0, 0.05) is 5.02 Å². The molecule has 0 aliphatic carbocycles. The Morgan fingerprint density at radius 3 is 2.20 bits per heavy atom. The predicted molar refractivity (Wildman–Crippen MR) is 50.3 cm³/mol. The molecule has 0 atom stereocenters. The average molecular weight is 238 g/mol. The van der Waals surface area contributed by atoms with Crippen LogP contribution in [0, 0.1) is 5.82 Å². The van der Waals surface area contributed by atoms with Gasteiger partial charge in [-0.25, -0.2) is 4.39 Å². The fraction of sp³-hybridized carbons (Fsp3) is 0. The van der Waals surface area contributed by atoms with Gasteiger partial charge >= 0.3 is 23.1 Å². The van der Waals surface area contributed by atoms with E-state index in [1.54, 1.807) is 12.1 Å². The van der Waals surface area contributed by atoms with Crippen LogP contribution in [0.5, 0.6) is 0 Å². The van der Waals surface area contributed by atoms with E-state index in [2.05, 4.69) is 0 Å². The maximum absolute atomic E-state index is 12.1. The molecule has 1 rings (SSSR count). The Hall–Kier alpha value is 0.686. The molecule has 54 valence electrons. The zero-order chi connectivity index (χ0) is 5.98. The van der Waals surface area contributed by atoms with Crippen LogP contribution in [-0.2, 0) is 0 Å². The smallest absolute Gasteiger partial charge is 0.207 e. The highest BCUT2D eigenvalue weighted by atomic mass is 79.9. The molecule has 0 radical (unpaired) electrons. The second-order valence-electron chi connectivity index (χ2n) is 1.44. The summed E-state index contributed by atoms with van der Waals surface area (Å²) in [6.07, 6.45) is 0. The lowest BCUT2D eigenvalue weighted by Crippen LogP contribution is -1.68. The quantitative estimate of drug-likeness (QED) is 0.607. The molecular formula is C6H7BrClFMg. The van der Waals surface area contributed by atoms with Crippen molar-refractivity contribution in [2.75, 3.05) is 0 Å². The van der Waals surface area contributed by atoms with Crippen molar-refractivity contribution in [1.29, 1.82) is 0 Å². The number of hydrogen-bond acceptors (Lipinski definition) is 0. The predicted octanol–water partition coefficient (Wildman–Crippen LogP) is 2.14. The van der Waals surface area contributed by atoms with Crippen molar-refractivity contribution in [2.24, 2.45) is 0 Å². The highest BCUT2D eigenvalue weighted by Gasteiger charge is 1.86. The van der Waals surface area contributed by atoms with Crippen molar-refractivity contribution in [3.05, 3.63) is 35.1 Å². The van der Waals surface area contributed by atoms with Gasteiger partial charge in [-0.1, -0.05) is 17.7 Å². The third kappa shape index (κ3) is 4.49. The third-order valence-electron chi connectivity index (χ3n) is 0.787. The number of rotatable bonds is 0. The van der Waals surface area contributed by atoms with Gasteiger partial charge in [0.1, 0.15) is 5.82 Å². The Morgan fingerprint density at radius 1 is 1.30 bits per heavy atom. The van der Waals surface area contributed by atoms with Crippen molar-refractivity contribution < 1.29 is 4.39 Å². The fourth-order valence-electron chi connectivity index (χ4n) is 0.460. The van der Waals surface area contributed by atoms with Gasteiger partial charge in [0.2, 0.25) is 0 Å². The van der Waals surface area contributed by atoms with Crippen LogP contribution < -0.4 is 0 Å². The van der Waals surface area contributed by atoms with Crippen LogP contribution in [0.15, 0.2) is 24.3 Å². The fourth-order valence-corrected chi connectivity index (χ4v) is 0.637. The minimum Gasteiger partial charge on any atom is -0.207 e. The van der Waals surface area contributed by atoms with Crippen LogP contribution in [-0.4, -0.2) is 23.1 Å². The molecule has 0 bridgehead atoms. The summed E-state index contributed by atoms with van der Waals surface area (Å²) in [7, 11) is 0. The summed E-state index contributed by atoms with van der Waals surface area (Å²) in [4.78, 5) is 0. The van der Waals surface area contributed by atoms with Gasteiger partial charge in [0.15, 0.2) is 0 Å². The van der Waals surface area contributed by atoms with Crippen molar-refractivity contribution in [3.63, 3.8) is 0 Å². The van der Waals surface area contributed by atoms with Gasteiger partial charge in [-0.15, -0.1) is 17.0 Å². The molecule has 0 fully saturated rings. The largest absolute Gasteiger partial charge is 0.316 e. The molecule has 0 saturated carbocycles. The monoisotopic (exact) mass is 236 g/mol. The van der Waals surface area contributed by atoms with E-state index in [-0.39, 0.29) is 45.9 Å². The van der Waals surface area contributed by atoms with Crippen molar-refractivity contribution in [1.82, 2.24) is 0 Å². The molecule has 10 heavy (non-hydrogen) atoms. The molecule has 0 spiro atoms. The van der Waals surface area contributed by atoms with Gasteiger partial charge in [0.05, 0.1) is 0 Å². The van der Waals surface area contributed by atoms with E-state index in [4.69, 9.17) is 11.6 Å².